The molecule has 0 aliphatic carbocycles. The van der Waals surface area contributed by atoms with Crippen LogP contribution in [0, 0.1) is 13.8 Å². The highest BCUT2D eigenvalue weighted by Crippen LogP contribution is 2.28. The van der Waals surface area contributed by atoms with Gasteiger partial charge in [0.25, 0.3) is 11.8 Å². The first-order chi connectivity index (χ1) is 26.5. The third kappa shape index (κ3) is 7.28. The Morgan fingerprint density at radius 2 is 1.24 bits per heavy atom. The number of imidazole rings is 2. The van der Waals surface area contributed by atoms with E-state index in [2.05, 4.69) is 68.4 Å². The first-order valence-electron chi connectivity index (χ1n) is 19.4. The fourth-order valence-corrected chi connectivity index (χ4v) is 8.02. The van der Waals surface area contributed by atoms with Gasteiger partial charge in [0, 0.05) is 58.9 Å². The Balaban J connectivity index is 1.30. The van der Waals surface area contributed by atoms with Gasteiger partial charge >= 0.3 is 0 Å². The van der Waals surface area contributed by atoms with E-state index in [1.165, 1.54) is 5.56 Å². The third-order valence-electron chi connectivity index (χ3n) is 10.9. The summed E-state index contributed by atoms with van der Waals surface area (Å²) in [5.41, 5.74) is 8.97. The number of hydrogen-bond donors (Lipinski definition) is 0. The number of aromatic nitrogens is 8. The Bertz CT molecular complexity index is 2510. The van der Waals surface area contributed by atoms with Gasteiger partial charge in [0.15, 0.2) is 0 Å². The van der Waals surface area contributed by atoms with Gasteiger partial charge in [-0.15, -0.1) is 0 Å². The van der Waals surface area contributed by atoms with Crippen molar-refractivity contribution in [1.29, 1.82) is 0 Å². The van der Waals surface area contributed by atoms with E-state index in [0.717, 1.165) is 65.9 Å². The van der Waals surface area contributed by atoms with Crippen LogP contribution in [-0.4, -0.2) is 80.8 Å². The van der Waals surface area contributed by atoms with E-state index in [0.29, 0.717) is 48.9 Å². The second-order valence-corrected chi connectivity index (χ2v) is 14.7. The van der Waals surface area contributed by atoms with Gasteiger partial charge in [0.1, 0.15) is 11.4 Å². The number of benzene rings is 2. The van der Waals surface area contributed by atoms with E-state index in [-0.39, 0.29) is 23.9 Å². The summed E-state index contributed by atoms with van der Waals surface area (Å²) in [6.45, 7) is 17.2. The van der Waals surface area contributed by atoms with Crippen molar-refractivity contribution in [2.24, 2.45) is 24.1 Å². The standard InChI is InChI=1S/C41H53N11O3/c1-9-49-35(24-27(3)44-49)38(53)42-40-46(7)32-15-11-12-16-33(32)51(40)29(5)18-19-30(6)52-37-31(26-48-20-22-55-23-21-48)14-13-17-34(37)47(8)41(52)43-39(54)36-25-28(4)45-50(36)10-2/h11-17,24-25,29-30H,9-10,18-23,26H2,1-8H3/t29-,30-/m0/s1. The molecule has 0 bridgehead atoms. The lowest BCUT2D eigenvalue weighted by molar-refractivity contribution is 0.0343. The summed E-state index contributed by atoms with van der Waals surface area (Å²) in [5.74, 6) is -0.642. The maximum atomic E-state index is 13.9. The maximum Gasteiger partial charge on any atom is 0.298 e. The predicted octanol–water partition coefficient (Wildman–Crippen LogP) is 5.24. The molecule has 55 heavy (non-hydrogen) atoms. The van der Waals surface area contributed by atoms with Crippen molar-refractivity contribution in [3.05, 3.63) is 94.2 Å². The molecule has 6 aromatic rings. The molecule has 1 aliphatic rings. The molecule has 2 atom stereocenters. The Kier molecular flexibility index (Phi) is 10.9. The summed E-state index contributed by atoms with van der Waals surface area (Å²) in [5, 5.41) is 9.00. The van der Waals surface area contributed by atoms with Crippen LogP contribution in [-0.2, 0) is 38.5 Å². The molecular weight excluding hydrogens is 695 g/mol. The second kappa shape index (κ2) is 15.8. The number of morpholine rings is 1. The van der Waals surface area contributed by atoms with Crippen molar-refractivity contribution in [3.8, 4) is 0 Å². The van der Waals surface area contributed by atoms with Crippen LogP contribution >= 0.6 is 0 Å². The molecule has 0 radical (unpaired) electrons. The molecule has 1 fully saturated rings. The van der Waals surface area contributed by atoms with Crippen molar-refractivity contribution >= 4 is 33.9 Å². The van der Waals surface area contributed by atoms with E-state index in [1.807, 2.05) is 69.1 Å². The molecule has 0 N–H and O–H groups in total. The summed E-state index contributed by atoms with van der Waals surface area (Å²) in [7, 11) is 3.95. The van der Waals surface area contributed by atoms with E-state index in [1.54, 1.807) is 15.4 Å². The molecule has 2 aromatic carbocycles. The number of hydrogen-bond acceptors (Lipinski definition) is 6. The number of ether oxygens (including phenoxy) is 1. The first-order valence-corrected chi connectivity index (χ1v) is 19.4. The highest BCUT2D eigenvalue weighted by molar-refractivity contribution is 5.94. The van der Waals surface area contributed by atoms with Crippen molar-refractivity contribution < 1.29 is 14.3 Å². The van der Waals surface area contributed by atoms with Gasteiger partial charge in [-0.2, -0.15) is 20.2 Å². The number of aryl methyl sites for hydroxylation is 6. The molecule has 1 aliphatic heterocycles. The van der Waals surface area contributed by atoms with Gasteiger partial charge in [-0.25, -0.2) is 0 Å². The van der Waals surface area contributed by atoms with Crippen LogP contribution in [0.5, 0.6) is 0 Å². The molecule has 4 aromatic heterocycles. The van der Waals surface area contributed by atoms with Crippen LogP contribution < -0.4 is 11.2 Å². The number of para-hydroxylation sites is 3. The number of amides is 2. The zero-order valence-corrected chi connectivity index (χ0v) is 33.4. The fourth-order valence-electron chi connectivity index (χ4n) is 8.02. The van der Waals surface area contributed by atoms with E-state index < -0.39 is 0 Å². The first kappa shape index (κ1) is 38.0. The van der Waals surface area contributed by atoms with Crippen molar-refractivity contribution in [1.82, 2.24) is 42.7 Å². The number of carbonyl (C=O) groups is 2. The summed E-state index contributed by atoms with van der Waals surface area (Å²) >= 11 is 0. The quantitative estimate of drug-likeness (QED) is 0.179. The van der Waals surface area contributed by atoms with Crippen LogP contribution in [0.3, 0.4) is 0 Å². The van der Waals surface area contributed by atoms with Gasteiger partial charge in [-0.05, 0) is 90.3 Å². The number of carbonyl (C=O) groups excluding carboxylic acids is 2. The molecule has 7 rings (SSSR count). The zero-order valence-electron chi connectivity index (χ0n) is 33.4. The molecule has 0 unspecified atom stereocenters. The summed E-state index contributed by atoms with van der Waals surface area (Å²) < 4.78 is 17.6. The van der Waals surface area contributed by atoms with Gasteiger partial charge in [0.05, 0.1) is 46.7 Å². The van der Waals surface area contributed by atoms with Crippen LogP contribution in [0.1, 0.15) is 90.5 Å². The molecule has 5 heterocycles. The Morgan fingerprint density at radius 1 is 0.727 bits per heavy atom. The fraction of sp³-hybridized carbons (Fsp3) is 0.463. The van der Waals surface area contributed by atoms with Crippen molar-refractivity contribution in [2.45, 2.75) is 86.1 Å². The number of rotatable bonds is 11. The van der Waals surface area contributed by atoms with E-state index in [9.17, 15) is 9.59 Å². The average molecular weight is 748 g/mol. The van der Waals surface area contributed by atoms with Crippen molar-refractivity contribution in [3.63, 3.8) is 0 Å². The molecule has 0 spiro atoms. The Labute approximate surface area is 321 Å². The topological polar surface area (TPSA) is 127 Å². The minimum atomic E-state index is -0.322. The van der Waals surface area contributed by atoms with Crippen LogP contribution in [0.4, 0.5) is 0 Å². The molecule has 14 heteroatoms. The molecular formula is C41H53N11O3. The highest BCUT2D eigenvalue weighted by atomic mass is 16.5. The van der Waals surface area contributed by atoms with Gasteiger partial charge < -0.3 is 23.0 Å². The minimum Gasteiger partial charge on any atom is -0.379 e. The summed E-state index contributed by atoms with van der Waals surface area (Å²) in [6.07, 6.45) is 1.54. The summed E-state index contributed by atoms with van der Waals surface area (Å²) in [6, 6.07) is 18.1. The lowest BCUT2D eigenvalue weighted by Crippen LogP contribution is -2.36. The monoisotopic (exact) mass is 747 g/mol. The predicted molar refractivity (Wildman–Crippen MR) is 212 cm³/mol. The molecule has 2 amide bonds. The lowest BCUT2D eigenvalue weighted by atomic mass is 10.1. The normalized spacial score (nSPS) is 15.8. The molecule has 14 nitrogen and oxygen atoms in total. The third-order valence-corrected chi connectivity index (χ3v) is 10.9. The average Bonchev–Trinajstić information content (AvgIpc) is 3.92. The maximum absolute atomic E-state index is 13.9. The zero-order chi connectivity index (χ0) is 39.0. The van der Waals surface area contributed by atoms with Gasteiger partial charge in [-0.3, -0.25) is 23.9 Å². The minimum absolute atomic E-state index is 0.0229. The molecule has 1 saturated heterocycles. The Hall–Kier alpha value is -5.34. The van der Waals surface area contributed by atoms with Crippen LogP contribution in [0.2, 0.25) is 0 Å². The van der Waals surface area contributed by atoms with Gasteiger partial charge in [-0.1, -0.05) is 24.3 Å². The second-order valence-electron chi connectivity index (χ2n) is 14.7. The number of nitrogens with zero attached hydrogens (tertiary/aromatic N) is 11. The smallest absolute Gasteiger partial charge is 0.298 e. The van der Waals surface area contributed by atoms with Gasteiger partial charge in [0.2, 0.25) is 11.2 Å². The largest absolute Gasteiger partial charge is 0.379 e. The molecule has 0 saturated carbocycles. The highest BCUT2D eigenvalue weighted by Gasteiger charge is 2.24. The van der Waals surface area contributed by atoms with E-state index >= 15 is 0 Å². The molecule has 290 valence electrons. The Morgan fingerprint density at radius 3 is 1.82 bits per heavy atom. The SMILES string of the molecule is CCn1nc(C)cc1C(=O)N=c1n(C)c2ccccc2n1[C@@H](C)CC[C@H](C)n1c(=NC(=O)c2cc(C)nn2CC)n(C)c2cccc(CN3CCOCC3)c21. The van der Waals surface area contributed by atoms with Crippen LogP contribution in [0.25, 0.3) is 22.1 Å². The lowest BCUT2D eigenvalue weighted by Gasteiger charge is -2.27. The van der Waals surface area contributed by atoms with Crippen molar-refractivity contribution in [2.75, 3.05) is 26.3 Å². The number of fused-ring (bicyclic) bond motifs is 2. The summed E-state index contributed by atoms with van der Waals surface area (Å²) in [4.78, 5) is 39.7. The van der Waals surface area contributed by atoms with E-state index in [4.69, 9.17) is 14.7 Å². The van der Waals surface area contributed by atoms with Crippen LogP contribution in [0.15, 0.2) is 64.6 Å².